The molecule has 0 aliphatic heterocycles. The van der Waals surface area contributed by atoms with Crippen molar-refractivity contribution in [3.05, 3.63) is 39.6 Å². The van der Waals surface area contributed by atoms with Crippen LogP contribution < -0.4 is 10.6 Å². The van der Waals surface area contributed by atoms with Gasteiger partial charge >= 0.3 is 0 Å². The number of pyridine rings is 1. The largest absolute Gasteiger partial charge is 0.295 e. The Morgan fingerprint density at radius 3 is 1.70 bits per heavy atom. The summed E-state index contributed by atoms with van der Waals surface area (Å²) in [6, 6.07) is 4.69. The maximum Gasteiger partial charge on any atom is 0.276 e. The van der Waals surface area contributed by atoms with E-state index in [4.69, 9.17) is 0 Å². The predicted octanol–water partition coefficient (Wildman–Crippen LogP) is 3.97. The molecule has 9 nitrogen and oxygen atoms in total. The smallest absolute Gasteiger partial charge is 0.276 e. The highest BCUT2D eigenvalue weighted by atomic mass is 32.1. The van der Waals surface area contributed by atoms with Gasteiger partial charge in [0.05, 0.1) is 0 Å². The molecule has 0 unspecified atom stereocenters. The zero-order valence-corrected chi connectivity index (χ0v) is 18.5. The van der Waals surface area contributed by atoms with E-state index in [0.29, 0.717) is 10.3 Å². The topological polar surface area (TPSA) is 123 Å². The number of hydrogen-bond donors (Lipinski definition) is 2. The van der Waals surface area contributed by atoms with Crippen LogP contribution in [0.3, 0.4) is 0 Å². The molecule has 2 N–H and O–H groups in total. The molecule has 30 heavy (non-hydrogen) atoms. The van der Waals surface area contributed by atoms with E-state index in [1.807, 2.05) is 0 Å². The van der Waals surface area contributed by atoms with E-state index < -0.39 is 11.8 Å². The third-order valence-corrected chi connectivity index (χ3v) is 5.87. The van der Waals surface area contributed by atoms with Gasteiger partial charge in [0, 0.05) is 12.8 Å². The van der Waals surface area contributed by atoms with Gasteiger partial charge in [0.25, 0.3) is 11.8 Å². The van der Waals surface area contributed by atoms with Crippen LogP contribution in [0.5, 0.6) is 0 Å². The second-order valence-electron chi connectivity index (χ2n) is 6.53. The fourth-order valence-electron chi connectivity index (χ4n) is 2.48. The zero-order valence-electron chi connectivity index (χ0n) is 16.8. The molecule has 0 bridgehead atoms. The Morgan fingerprint density at radius 1 is 0.800 bits per heavy atom. The monoisotopic (exact) mass is 445 g/mol. The van der Waals surface area contributed by atoms with Gasteiger partial charge in [-0.05, 0) is 25.0 Å². The third kappa shape index (κ3) is 6.10. The van der Waals surface area contributed by atoms with E-state index in [2.05, 4.69) is 49.9 Å². The van der Waals surface area contributed by atoms with Crippen molar-refractivity contribution >= 4 is 44.8 Å². The van der Waals surface area contributed by atoms with Crippen LogP contribution in [0.4, 0.5) is 10.3 Å². The number of anilines is 2. The van der Waals surface area contributed by atoms with E-state index in [0.717, 1.165) is 48.5 Å². The van der Waals surface area contributed by atoms with Gasteiger partial charge in [-0.2, -0.15) is 0 Å². The number of aromatic nitrogens is 5. The average Bonchev–Trinajstić information content (AvgIpc) is 3.40. The lowest BCUT2D eigenvalue weighted by atomic mass is 10.3. The van der Waals surface area contributed by atoms with Crippen LogP contribution in [-0.2, 0) is 12.8 Å². The lowest BCUT2D eigenvalue weighted by Crippen LogP contribution is -2.18. The summed E-state index contributed by atoms with van der Waals surface area (Å²) in [5.41, 5.74) is 0.239. The summed E-state index contributed by atoms with van der Waals surface area (Å²) in [6.07, 6.45) is 5.85. The second kappa shape index (κ2) is 10.8. The minimum absolute atomic E-state index is 0.119. The van der Waals surface area contributed by atoms with Crippen molar-refractivity contribution in [1.29, 1.82) is 0 Å². The van der Waals surface area contributed by atoms with Crippen molar-refractivity contribution in [3.8, 4) is 0 Å². The number of amides is 2. The summed E-state index contributed by atoms with van der Waals surface area (Å²) >= 11 is 2.68. The molecule has 2 amide bonds. The Hall–Kier alpha value is -2.79. The van der Waals surface area contributed by atoms with E-state index in [1.54, 1.807) is 18.2 Å². The van der Waals surface area contributed by atoms with Crippen LogP contribution >= 0.6 is 22.7 Å². The van der Waals surface area contributed by atoms with E-state index in [1.165, 1.54) is 22.7 Å². The van der Waals surface area contributed by atoms with Gasteiger partial charge in [-0.3, -0.25) is 20.2 Å². The molecule has 0 aliphatic rings. The fraction of sp³-hybridized carbons (Fsp3) is 0.421. The summed E-state index contributed by atoms with van der Waals surface area (Å²) in [7, 11) is 0. The molecular weight excluding hydrogens is 422 g/mol. The fourth-order valence-corrected chi connectivity index (χ4v) is 4.03. The number of rotatable bonds is 10. The SMILES string of the molecule is CCCCc1nnc(NC(=O)c2cccc(C(=O)Nc3nnc(CCCC)s3)n2)s1. The van der Waals surface area contributed by atoms with Gasteiger partial charge < -0.3 is 0 Å². The maximum atomic E-state index is 12.5. The molecule has 0 saturated carbocycles. The first kappa shape index (κ1) is 21.9. The highest BCUT2D eigenvalue weighted by molar-refractivity contribution is 7.15. The summed E-state index contributed by atoms with van der Waals surface area (Å²) in [5, 5.41) is 24.1. The second-order valence-corrected chi connectivity index (χ2v) is 8.65. The maximum absolute atomic E-state index is 12.5. The molecule has 3 heterocycles. The zero-order chi connectivity index (χ0) is 21.3. The van der Waals surface area contributed by atoms with Crippen LogP contribution in [0.15, 0.2) is 18.2 Å². The van der Waals surface area contributed by atoms with E-state index >= 15 is 0 Å². The van der Waals surface area contributed by atoms with Crippen LogP contribution in [0, 0.1) is 0 Å². The Kier molecular flexibility index (Phi) is 7.91. The molecule has 0 saturated heterocycles. The first-order chi connectivity index (χ1) is 14.6. The first-order valence-electron chi connectivity index (χ1n) is 9.83. The van der Waals surface area contributed by atoms with Crippen molar-refractivity contribution in [2.45, 2.75) is 52.4 Å². The van der Waals surface area contributed by atoms with Crippen molar-refractivity contribution in [2.24, 2.45) is 0 Å². The van der Waals surface area contributed by atoms with Gasteiger partial charge in [0.2, 0.25) is 10.3 Å². The quantitative estimate of drug-likeness (QED) is 0.484. The normalized spacial score (nSPS) is 10.7. The molecule has 0 aliphatic carbocycles. The number of unbranched alkanes of at least 4 members (excludes halogenated alkanes) is 2. The van der Waals surface area contributed by atoms with E-state index in [9.17, 15) is 9.59 Å². The molecule has 3 rings (SSSR count). The lowest BCUT2D eigenvalue weighted by Gasteiger charge is -2.04. The molecule has 3 aromatic rings. The van der Waals surface area contributed by atoms with E-state index in [-0.39, 0.29) is 11.4 Å². The van der Waals surface area contributed by atoms with Crippen LogP contribution in [0.25, 0.3) is 0 Å². The molecule has 3 aromatic heterocycles. The Labute approximate surface area is 182 Å². The van der Waals surface area contributed by atoms with Crippen LogP contribution in [0.2, 0.25) is 0 Å². The molecule has 0 fully saturated rings. The van der Waals surface area contributed by atoms with Gasteiger partial charge in [-0.1, -0.05) is 55.4 Å². The summed E-state index contributed by atoms with van der Waals surface area (Å²) in [6.45, 7) is 4.21. The summed E-state index contributed by atoms with van der Waals surface area (Å²) in [4.78, 5) is 29.1. The van der Waals surface area contributed by atoms with Gasteiger partial charge in [0.15, 0.2) is 0 Å². The Morgan fingerprint density at radius 2 is 1.27 bits per heavy atom. The van der Waals surface area contributed by atoms with Crippen molar-refractivity contribution in [1.82, 2.24) is 25.4 Å². The number of carbonyl (C=O) groups is 2. The third-order valence-electron chi connectivity index (χ3n) is 4.08. The molecule has 0 radical (unpaired) electrons. The van der Waals surface area contributed by atoms with Crippen LogP contribution in [-0.4, -0.2) is 37.2 Å². The minimum atomic E-state index is -0.444. The summed E-state index contributed by atoms with van der Waals surface area (Å²) < 4.78 is 0. The van der Waals surface area contributed by atoms with Crippen LogP contribution in [0.1, 0.15) is 70.5 Å². The molecular formula is C19H23N7O2S2. The number of aryl methyl sites for hydroxylation is 2. The highest BCUT2D eigenvalue weighted by Gasteiger charge is 2.16. The number of nitrogens with zero attached hydrogens (tertiary/aromatic N) is 5. The molecule has 11 heteroatoms. The Bertz CT molecular complexity index is 927. The summed E-state index contributed by atoms with van der Waals surface area (Å²) in [5.74, 6) is -0.888. The number of nitrogens with one attached hydrogen (secondary N) is 2. The predicted molar refractivity (Wildman–Crippen MR) is 117 cm³/mol. The van der Waals surface area contributed by atoms with Crippen molar-refractivity contribution in [2.75, 3.05) is 10.6 Å². The lowest BCUT2D eigenvalue weighted by molar-refractivity contribution is 0.101. The standard InChI is InChI=1S/C19H23N7O2S2/c1-3-5-10-14-23-25-18(29-14)21-16(27)12-8-7-9-13(20-12)17(28)22-19-26-24-15(30-19)11-6-4-2/h7-9H,3-6,10-11H2,1-2H3,(H,21,25,27)(H,22,26,28). The minimum Gasteiger partial charge on any atom is -0.295 e. The molecule has 0 atom stereocenters. The Balaban J connectivity index is 1.61. The van der Waals surface area contributed by atoms with Gasteiger partial charge in [-0.15, -0.1) is 20.4 Å². The molecule has 158 valence electrons. The van der Waals surface area contributed by atoms with Crippen molar-refractivity contribution < 1.29 is 9.59 Å². The average molecular weight is 446 g/mol. The van der Waals surface area contributed by atoms with Crippen molar-refractivity contribution in [3.63, 3.8) is 0 Å². The first-order valence-corrected chi connectivity index (χ1v) is 11.5. The number of hydrogen-bond acceptors (Lipinski definition) is 9. The highest BCUT2D eigenvalue weighted by Crippen LogP contribution is 2.19. The van der Waals surface area contributed by atoms with Gasteiger partial charge in [0.1, 0.15) is 21.4 Å². The molecule has 0 aromatic carbocycles. The van der Waals surface area contributed by atoms with Gasteiger partial charge in [-0.25, -0.2) is 4.98 Å². The number of carbonyl (C=O) groups excluding carboxylic acids is 2. The molecule has 0 spiro atoms.